The van der Waals surface area contributed by atoms with Crippen LogP contribution in [-0.4, -0.2) is 38.8 Å². The standard InChI is InChI=1S/C18H29NO4S/c1-15(2)18(20)14-22-11-4-3-10-21-12-5-13-23-17-8-6-16(19-24)7-9-17/h6-9,15,19,24H,3-5,10-14H2,1-2H3. The van der Waals surface area contributed by atoms with Crippen LogP contribution >= 0.6 is 12.8 Å². The first-order chi connectivity index (χ1) is 11.6. The second-order valence-corrected chi connectivity index (χ2v) is 6.05. The SMILES string of the molecule is CC(C)C(=O)COCCCCOCCCOc1ccc(NS)cc1. The second-order valence-electron chi connectivity index (χ2n) is 5.83. The summed E-state index contributed by atoms with van der Waals surface area (Å²) >= 11 is 3.98. The molecule has 0 saturated heterocycles. The van der Waals surface area contributed by atoms with Gasteiger partial charge in [0.15, 0.2) is 5.78 Å². The summed E-state index contributed by atoms with van der Waals surface area (Å²) in [5.41, 5.74) is 0.937. The first-order valence-corrected chi connectivity index (χ1v) is 8.89. The number of unbranched alkanes of at least 4 members (excludes halogenated alkanes) is 1. The average Bonchev–Trinajstić information content (AvgIpc) is 2.59. The van der Waals surface area contributed by atoms with Gasteiger partial charge in [-0.2, -0.15) is 0 Å². The van der Waals surface area contributed by atoms with Crippen molar-refractivity contribution in [1.82, 2.24) is 0 Å². The number of hydrogen-bond donors (Lipinski definition) is 2. The third-order valence-corrected chi connectivity index (χ3v) is 3.66. The Morgan fingerprint density at radius 2 is 1.62 bits per heavy atom. The number of Topliss-reactive ketones (excluding diaryl/α,β-unsaturated/α-hetero) is 1. The molecule has 6 heteroatoms. The lowest BCUT2D eigenvalue weighted by Crippen LogP contribution is -2.15. The van der Waals surface area contributed by atoms with Crippen molar-refractivity contribution in [2.24, 2.45) is 5.92 Å². The quantitative estimate of drug-likeness (QED) is 0.393. The zero-order valence-corrected chi connectivity index (χ0v) is 15.5. The number of carbonyl (C=O) groups is 1. The molecule has 0 bridgehead atoms. The van der Waals surface area contributed by atoms with Crippen LogP contribution in [0.4, 0.5) is 5.69 Å². The van der Waals surface area contributed by atoms with E-state index in [0.717, 1.165) is 30.7 Å². The van der Waals surface area contributed by atoms with Crippen LogP contribution in [0.1, 0.15) is 33.1 Å². The highest BCUT2D eigenvalue weighted by Gasteiger charge is 2.06. The van der Waals surface area contributed by atoms with E-state index in [1.54, 1.807) is 0 Å². The molecule has 0 aliphatic heterocycles. The Balaban J connectivity index is 1.87. The lowest BCUT2D eigenvalue weighted by molar-refractivity contribution is -0.126. The van der Waals surface area contributed by atoms with Crippen LogP contribution in [0.3, 0.4) is 0 Å². The molecule has 0 amide bonds. The molecule has 1 aromatic carbocycles. The number of benzene rings is 1. The summed E-state index contributed by atoms with van der Waals surface area (Å²) in [6, 6.07) is 7.64. The molecule has 0 aliphatic carbocycles. The van der Waals surface area contributed by atoms with Gasteiger partial charge in [0.1, 0.15) is 12.4 Å². The zero-order chi connectivity index (χ0) is 17.6. The van der Waals surface area contributed by atoms with Gasteiger partial charge in [-0.15, -0.1) is 0 Å². The summed E-state index contributed by atoms with van der Waals surface area (Å²) < 4.78 is 19.3. The van der Waals surface area contributed by atoms with Crippen molar-refractivity contribution in [3.63, 3.8) is 0 Å². The normalized spacial score (nSPS) is 10.8. The van der Waals surface area contributed by atoms with Gasteiger partial charge in [-0.1, -0.05) is 26.7 Å². The zero-order valence-electron chi connectivity index (χ0n) is 14.6. The molecule has 1 rings (SSSR count). The van der Waals surface area contributed by atoms with Crippen molar-refractivity contribution in [2.75, 3.05) is 37.8 Å². The molecular formula is C18H29NO4S. The lowest BCUT2D eigenvalue weighted by atomic mass is 10.1. The minimum Gasteiger partial charge on any atom is -0.494 e. The maximum Gasteiger partial charge on any atom is 0.160 e. The average molecular weight is 355 g/mol. The Morgan fingerprint density at radius 1 is 1.00 bits per heavy atom. The molecule has 0 aliphatic rings. The maximum absolute atomic E-state index is 11.3. The van der Waals surface area contributed by atoms with Crippen molar-refractivity contribution in [3.8, 4) is 5.75 Å². The minimum absolute atomic E-state index is 0.0492. The fraction of sp³-hybridized carbons (Fsp3) is 0.611. The van der Waals surface area contributed by atoms with Crippen molar-refractivity contribution < 1.29 is 19.0 Å². The van der Waals surface area contributed by atoms with Crippen LogP contribution in [0.2, 0.25) is 0 Å². The Kier molecular flexibility index (Phi) is 11.4. The van der Waals surface area contributed by atoms with Gasteiger partial charge in [0.05, 0.1) is 6.61 Å². The summed E-state index contributed by atoms with van der Waals surface area (Å²) in [6.45, 7) is 6.64. The molecule has 1 N–H and O–H groups in total. The predicted octanol–water partition coefficient (Wildman–Crippen LogP) is 3.75. The summed E-state index contributed by atoms with van der Waals surface area (Å²) in [5, 5.41) is 0. The van der Waals surface area contributed by atoms with Crippen LogP contribution in [0.25, 0.3) is 0 Å². The highest BCUT2D eigenvalue weighted by molar-refractivity contribution is 7.81. The Morgan fingerprint density at radius 3 is 2.25 bits per heavy atom. The second kappa shape index (κ2) is 13.1. The summed E-state index contributed by atoms with van der Waals surface area (Å²) in [7, 11) is 0. The highest BCUT2D eigenvalue weighted by Crippen LogP contribution is 2.16. The predicted molar refractivity (Wildman–Crippen MR) is 99.9 cm³/mol. The van der Waals surface area contributed by atoms with Crippen molar-refractivity contribution in [3.05, 3.63) is 24.3 Å². The molecule has 136 valence electrons. The summed E-state index contributed by atoms with van der Waals surface area (Å²) in [6.07, 6.45) is 2.70. The smallest absolute Gasteiger partial charge is 0.160 e. The molecule has 0 saturated carbocycles. The van der Waals surface area contributed by atoms with Crippen LogP contribution in [0.15, 0.2) is 24.3 Å². The third-order valence-electron chi connectivity index (χ3n) is 3.40. The van der Waals surface area contributed by atoms with Gasteiger partial charge in [-0.25, -0.2) is 0 Å². The number of carbonyl (C=O) groups excluding carboxylic acids is 1. The lowest BCUT2D eigenvalue weighted by Gasteiger charge is -2.08. The van der Waals surface area contributed by atoms with Crippen LogP contribution in [0, 0.1) is 5.92 Å². The van der Waals surface area contributed by atoms with Gasteiger partial charge in [-0.3, -0.25) is 4.79 Å². The minimum atomic E-state index is 0.0492. The maximum atomic E-state index is 11.3. The first-order valence-electron chi connectivity index (χ1n) is 8.44. The molecule has 0 unspecified atom stereocenters. The monoisotopic (exact) mass is 355 g/mol. The van der Waals surface area contributed by atoms with Crippen molar-refractivity contribution in [1.29, 1.82) is 0 Å². The van der Waals surface area contributed by atoms with Gasteiger partial charge in [-0.05, 0) is 37.1 Å². The number of hydrogen-bond acceptors (Lipinski definition) is 6. The van der Waals surface area contributed by atoms with E-state index < -0.39 is 0 Å². The van der Waals surface area contributed by atoms with Gasteiger partial charge in [0, 0.05) is 37.8 Å². The van der Waals surface area contributed by atoms with Gasteiger partial charge < -0.3 is 18.9 Å². The van der Waals surface area contributed by atoms with Gasteiger partial charge in [0.2, 0.25) is 0 Å². The van der Waals surface area contributed by atoms with Crippen LogP contribution in [-0.2, 0) is 14.3 Å². The van der Waals surface area contributed by atoms with E-state index in [2.05, 4.69) is 17.5 Å². The Hall–Kier alpha value is -1.24. The topological polar surface area (TPSA) is 56.8 Å². The molecule has 0 spiro atoms. The Labute approximate surface area is 150 Å². The molecule has 0 aromatic heterocycles. The number of rotatable bonds is 14. The van der Waals surface area contributed by atoms with E-state index in [9.17, 15) is 4.79 Å². The fourth-order valence-corrected chi connectivity index (χ4v) is 1.98. The molecule has 0 fully saturated rings. The third kappa shape index (κ3) is 9.80. The molecular weight excluding hydrogens is 326 g/mol. The number of anilines is 1. The largest absolute Gasteiger partial charge is 0.494 e. The first kappa shape index (κ1) is 20.8. The molecule has 5 nitrogen and oxygen atoms in total. The van der Waals surface area contributed by atoms with E-state index in [4.69, 9.17) is 14.2 Å². The number of ether oxygens (including phenoxy) is 3. The molecule has 1 aromatic rings. The van der Waals surface area contributed by atoms with Crippen LogP contribution in [0.5, 0.6) is 5.75 Å². The van der Waals surface area contributed by atoms with Crippen molar-refractivity contribution in [2.45, 2.75) is 33.1 Å². The summed E-state index contributed by atoms with van der Waals surface area (Å²) in [4.78, 5) is 11.3. The van der Waals surface area contributed by atoms with Crippen LogP contribution < -0.4 is 9.46 Å². The number of nitrogens with one attached hydrogen (secondary N) is 1. The number of ketones is 1. The highest BCUT2D eigenvalue weighted by atomic mass is 32.1. The summed E-state index contributed by atoms with van der Waals surface area (Å²) in [5.74, 6) is 1.05. The van der Waals surface area contributed by atoms with E-state index in [-0.39, 0.29) is 18.3 Å². The van der Waals surface area contributed by atoms with E-state index in [0.29, 0.717) is 26.4 Å². The molecule has 0 heterocycles. The Bertz CT molecular complexity index is 451. The fourth-order valence-electron chi connectivity index (χ4n) is 1.83. The van der Waals surface area contributed by atoms with E-state index in [1.807, 2.05) is 38.1 Å². The molecule has 24 heavy (non-hydrogen) atoms. The molecule has 0 radical (unpaired) electrons. The van der Waals surface area contributed by atoms with E-state index >= 15 is 0 Å². The van der Waals surface area contributed by atoms with Gasteiger partial charge >= 0.3 is 0 Å². The number of thiol groups is 1. The molecule has 0 atom stereocenters. The van der Waals surface area contributed by atoms with E-state index in [1.165, 1.54) is 0 Å². The van der Waals surface area contributed by atoms with Gasteiger partial charge in [0.25, 0.3) is 0 Å². The van der Waals surface area contributed by atoms with Crippen molar-refractivity contribution >= 4 is 24.3 Å².